The van der Waals surface area contributed by atoms with Crippen LogP contribution in [0.3, 0.4) is 0 Å². The summed E-state index contributed by atoms with van der Waals surface area (Å²) in [4.78, 5) is 7.34. The third kappa shape index (κ3) is 3.54. The number of nitrogens with zero attached hydrogens (tertiary/aromatic N) is 2. The molecule has 0 saturated heterocycles. The van der Waals surface area contributed by atoms with Gasteiger partial charge in [0, 0.05) is 11.8 Å². The predicted octanol–water partition coefficient (Wildman–Crippen LogP) is 4.15. The van der Waals surface area contributed by atoms with Crippen LogP contribution in [0.5, 0.6) is 11.5 Å². The smallest absolute Gasteiger partial charge is 0.218 e. The van der Waals surface area contributed by atoms with E-state index in [2.05, 4.69) is 15.3 Å². The van der Waals surface area contributed by atoms with Crippen LogP contribution >= 0.6 is 0 Å². The number of anilines is 2. The van der Waals surface area contributed by atoms with E-state index in [0.29, 0.717) is 5.82 Å². The Bertz CT molecular complexity index is 717. The van der Waals surface area contributed by atoms with Gasteiger partial charge in [0.1, 0.15) is 23.6 Å². The molecule has 0 amide bonds. The SMILES string of the molecule is Fc1cc(Nc2ccc(Oc3ccccc3)cc2)ncn1. The Morgan fingerprint density at radius 1 is 0.857 bits per heavy atom. The zero-order valence-corrected chi connectivity index (χ0v) is 11.0. The number of halogens is 1. The zero-order chi connectivity index (χ0) is 14.5. The molecule has 0 aliphatic rings. The summed E-state index contributed by atoms with van der Waals surface area (Å²) in [5.41, 5.74) is 0.786. The van der Waals surface area contributed by atoms with Gasteiger partial charge in [-0.15, -0.1) is 0 Å². The highest BCUT2D eigenvalue weighted by molar-refractivity contribution is 5.56. The van der Waals surface area contributed by atoms with E-state index in [4.69, 9.17) is 4.74 Å². The summed E-state index contributed by atoms with van der Waals surface area (Å²) < 4.78 is 18.7. The number of para-hydroxylation sites is 1. The van der Waals surface area contributed by atoms with Crippen LogP contribution in [0.2, 0.25) is 0 Å². The van der Waals surface area contributed by atoms with E-state index in [1.165, 1.54) is 12.4 Å². The molecule has 1 N–H and O–H groups in total. The van der Waals surface area contributed by atoms with Crippen molar-refractivity contribution in [3.63, 3.8) is 0 Å². The number of benzene rings is 2. The van der Waals surface area contributed by atoms with Crippen molar-refractivity contribution >= 4 is 11.5 Å². The van der Waals surface area contributed by atoms with E-state index in [0.717, 1.165) is 17.2 Å². The van der Waals surface area contributed by atoms with Gasteiger partial charge in [-0.2, -0.15) is 4.39 Å². The van der Waals surface area contributed by atoms with E-state index in [1.54, 1.807) is 0 Å². The fraction of sp³-hybridized carbons (Fsp3) is 0. The molecular formula is C16H12FN3O. The standard InChI is InChI=1S/C16H12FN3O/c17-15-10-16(19-11-18-15)20-12-6-8-14(9-7-12)21-13-4-2-1-3-5-13/h1-11H,(H,18,19,20). The minimum atomic E-state index is -0.573. The van der Waals surface area contributed by atoms with Crippen LogP contribution in [0.1, 0.15) is 0 Å². The Morgan fingerprint density at radius 3 is 2.29 bits per heavy atom. The number of ether oxygens (including phenoxy) is 1. The van der Waals surface area contributed by atoms with Crippen LogP contribution in [0.4, 0.5) is 15.9 Å². The maximum Gasteiger partial charge on any atom is 0.218 e. The molecule has 4 nitrogen and oxygen atoms in total. The van der Waals surface area contributed by atoms with E-state index in [9.17, 15) is 4.39 Å². The first-order valence-corrected chi connectivity index (χ1v) is 6.37. The average molecular weight is 281 g/mol. The third-order valence-corrected chi connectivity index (χ3v) is 2.74. The Balaban J connectivity index is 1.69. The lowest BCUT2D eigenvalue weighted by atomic mass is 10.3. The molecule has 0 aliphatic carbocycles. The zero-order valence-electron chi connectivity index (χ0n) is 11.0. The summed E-state index contributed by atoms with van der Waals surface area (Å²) in [5.74, 6) is 1.33. The van der Waals surface area contributed by atoms with Gasteiger partial charge in [0.2, 0.25) is 5.95 Å². The highest BCUT2D eigenvalue weighted by Gasteiger charge is 2.00. The second-order valence-electron chi connectivity index (χ2n) is 4.29. The van der Waals surface area contributed by atoms with Gasteiger partial charge in [-0.05, 0) is 36.4 Å². The van der Waals surface area contributed by atoms with Crippen molar-refractivity contribution in [2.45, 2.75) is 0 Å². The highest BCUT2D eigenvalue weighted by atomic mass is 19.1. The van der Waals surface area contributed by atoms with Gasteiger partial charge in [0.15, 0.2) is 0 Å². The van der Waals surface area contributed by atoms with Gasteiger partial charge in [-0.1, -0.05) is 18.2 Å². The van der Waals surface area contributed by atoms with E-state index >= 15 is 0 Å². The van der Waals surface area contributed by atoms with Gasteiger partial charge >= 0.3 is 0 Å². The number of hydrogen-bond acceptors (Lipinski definition) is 4. The molecule has 0 atom stereocenters. The summed E-state index contributed by atoms with van der Waals surface area (Å²) in [6, 6.07) is 18.1. The van der Waals surface area contributed by atoms with Gasteiger partial charge in [0.05, 0.1) is 0 Å². The Hall–Kier alpha value is -2.95. The normalized spacial score (nSPS) is 10.1. The molecule has 0 unspecified atom stereocenters. The molecule has 1 aromatic heterocycles. The van der Waals surface area contributed by atoms with Crippen LogP contribution in [0.25, 0.3) is 0 Å². The molecule has 1 heterocycles. The average Bonchev–Trinajstić information content (AvgIpc) is 2.50. The van der Waals surface area contributed by atoms with E-state index < -0.39 is 5.95 Å². The van der Waals surface area contributed by atoms with Crippen molar-refractivity contribution in [1.29, 1.82) is 0 Å². The minimum absolute atomic E-state index is 0.402. The summed E-state index contributed by atoms with van der Waals surface area (Å²) in [6.45, 7) is 0. The molecule has 3 aromatic rings. The first-order valence-electron chi connectivity index (χ1n) is 6.37. The lowest BCUT2D eigenvalue weighted by molar-refractivity contribution is 0.483. The van der Waals surface area contributed by atoms with Crippen molar-refractivity contribution < 1.29 is 9.13 Å². The molecular weight excluding hydrogens is 269 g/mol. The molecule has 0 spiro atoms. The topological polar surface area (TPSA) is 47.0 Å². The van der Waals surface area contributed by atoms with Crippen LogP contribution in [-0.2, 0) is 0 Å². The summed E-state index contributed by atoms with van der Waals surface area (Å²) >= 11 is 0. The van der Waals surface area contributed by atoms with Gasteiger partial charge < -0.3 is 10.1 Å². The lowest BCUT2D eigenvalue weighted by Gasteiger charge is -2.08. The summed E-state index contributed by atoms with van der Waals surface area (Å²) in [6.07, 6.45) is 1.17. The number of rotatable bonds is 4. The molecule has 0 fully saturated rings. The quantitative estimate of drug-likeness (QED) is 0.730. The molecule has 5 heteroatoms. The van der Waals surface area contributed by atoms with Crippen molar-refractivity contribution in [1.82, 2.24) is 9.97 Å². The molecule has 21 heavy (non-hydrogen) atoms. The Morgan fingerprint density at radius 2 is 1.57 bits per heavy atom. The van der Waals surface area contributed by atoms with Gasteiger partial charge in [-0.25, -0.2) is 9.97 Å². The summed E-state index contributed by atoms with van der Waals surface area (Å²) in [5, 5.41) is 2.99. The molecule has 0 bridgehead atoms. The van der Waals surface area contributed by atoms with Crippen LogP contribution in [-0.4, -0.2) is 9.97 Å². The first kappa shape index (κ1) is 13.1. The van der Waals surface area contributed by atoms with E-state index in [-0.39, 0.29) is 0 Å². The van der Waals surface area contributed by atoms with Gasteiger partial charge in [0.25, 0.3) is 0 Å². The van der Waals surface area contributed by atoms with Crippen LogP contribution < -0.4 is 10.1 Å². The highest BCUT2D eigenvalue weighted by Crippen LogP contribution is 2.23. The monoisotopic (exact) mass is 281 g/mol. The third-order valence-electron chi connectivity index (χ3n) is 2.74. The second-order valence-corrected chi connectivity index (χ2v) is 4.29. The van der Waals surface area contributed by atoms with Crippen LogP contribution in [0.15, 0.2) is 67.0 Å². The Labute approximate surface area is 121 Å². The predicted molar refractivity (Wildman–Crippen MR) is 78.2 cm³/mol. The maximum absolute atomic E-state index is 13.0. The molecule has 0 radical (unpaired) electrons. The second kappa shape index (κ2) is 6.00. The molecule has 0 saturated carbocycles. The van der Waals surface area contributed by atoms with Crippen molar-refractivity contribution in [3.05, 3.63) is 72.9 Å². The molecule has 2 aromatic carbocycles. The summed E-state index contributed by atoms with van der Waals surface area (Å²) in [7, 11) is 0. The fourth-order valence-electron chi connectivity index (χ4n) is 1.78. The molecule has 104 valence electrons. The number of nitrogens with one attached hydrogen (secondary N) is 1. The minimum Gasteiger partial charge on any atom is -0.457 e. The lowest BCUT2D eigenvalue weighted by Crippen LogP contribution is -1.95. The maximum atomic E-state index is 13.0. The molecule has 0 aliphatic heterocycles. The van der Waals surface area contributed by atoms with Crippen molar-refractivity contribution in [2.24, 2.45) is 0 Å². The Kier molecular flexibility index (Phi) is 3.73. The largest absolute Gasteiger partial charge is 0.457 e. The van der Waals surface area contributed by atoms with Gasteiger partial charge in [-0.3, -0.25) is 0 Å². The van der Waals surface area contributed by atoms with Crippen molar-refractivity contribution in [2.75, 3.05) is 5.32 Å². The number of hydrogen-bond donors (Lipinski definition) is 1. The van der Waals surface area contributed by atoms with Crippen LogP contribution in [0, 0.1) is 5.95 Å². The van der Waals surface area contributed by atoms with Crippen molar-refractivity contribution in [3.8, 4) is 11.5 Å². The number of aromatic nitrogens is 2. The molecule has 3 rings (SSSR count). The van der Waals surface area contributed by atoms with E-state index in [1.807, 2.05) is 54.6 Å². The fourth-order valence-corrected chi connectivity index (χ4v) is 1.78. The first-order chi connectivity index (χ1) is 10.3.